The molecule has 3 nitrogen and oxygen atoms in total. The highest BCUT2D eigenvalue weighted by atomic mass is 35.5. The molecule has 1 aromatic carbocycles. The fourth-order valence-corrected chi connectivity index (χ4v) is 1.63. The largest absolute Gasteiger partial charge is 0.366 e. The Kier molecular flexibility index (Phi) is 4.52. The molecule has 2 aromatic rings. The van der Waals surface area contributed by atoms with Crippen LogP contribution in [0.5, 0.6) is 0 Å². The standard InChI is InChI=1S/C12H14FN3.ClH/c1-9-7-15-16(2)12(9)14-8-10-4-3-5-11(13)6-10;/h3-7,14H,8H2,1-2H3;1H. The number of halogens is 2. The van der Waals surface area contributed by atoms with Gasteiger partial charge in [-0.1, -0.05) is 12.1 Å². The molecular formula is C12H15ClFN3. The third kappa shape index (κ3) is 3.20. The van der Waals surface area contributed by atoms with Crippen molar-refractivity contribution < 1.29 is 4.39 Å². The quantitative estimate of drug-likeness (QED) is 0.914. The number of hydrogen-bond donors (Lipinski definition) is 1. The smallest absolute Gasteiger partial charge is 0.127 e. The van der Waals surface area contributed by atoms with Gasteiger partial charge in [-0.3, -0.25) is 4.68 Å². The van der Waals surface area contributed by atoms with Crippen LogP contribution in [-0.4, -0.2) is 9.78 Å². The van der Waals surface area contributed by atoms with Crippen LogP contribution in [0.15, 0.2) is 30.5 Å². The Morgan fingerprint density at radius 3 is 2.76 bits per heavy atom. The SMILES string of the molecule is Cc1cnn(C)c1NCc1cccc(F)c1.Cl. The van der Waals surface area contributed by atoms with Gasteiger partial charge in [0.2, 0.25) is 0 Å². The van der Waals surface area contributed by atoms with Gasteiger partial charge < -0.3 is 5.32 Å². The first-order valence-electron chi connectivity index (χ1n) is 5.14. The van der Waals surface area contributed by atoms with E-state index >= 15 is 0 Å². The Morgan fingerprint density at radius 2 is 2.18 bits per heavy atom. The first kappa shape index (κ1) is 13.5. The van der Waals surface area contributed by atoms with Crippen molar-refractivity contribution in [1.29, 1.82) is 0 Å². The van der Waals surface area contributed by atoms with E-state index in [-0.39, 0.29) is 18.2 Å². The number of aromatic nitrogens is 2. The summed E-state index contributed by atoms with van der Waals surface area (Å²) in [6, 6.07) is 6.57. The molecule has 0 bridgehead atoms. The van der Waals surface area contributed by atoms with Gasteiger partial charge in [0.1, 0.15) is 11.6 Å². The lowest BCUT2D eigenvalue weighted by Crippen LogP contribution is -2.05. The Labute approximate surface area is 106 Å². The lowest BCUT2D eigenvalue weighted by Gasteiger charge is -2.08. The monoisotopic (exact) mass is 255 g/mol. The lowest BCUT2D eigenvalue weighted by atomic mass is 10.2. The van der Waals surface area contributed by atoms with E-state index in [1.807, 2.05) is 20.0 Å². The van der Waals surface area contributed by atoms with Gasteiger partial charge in [0.05, 0.1) is 6.20 Å². The number of aryl methyl sites for hydroxylation is 2. The van der Waals surface area contributed by atoms with E-state index in [0.717, 1.165) is 16.9 Å². The summed E-state index contributed by atoms with van der Waals surface area (Å²) in [6.45, 7) is 2.58. The Bertz CT molecular complexity index is 477. The highest BCUT2D eigenvalue weighted by Crippen LogP contribution is 2.13. The van der Waals surface area contributed by atoms with Crippen LogP contribution < -0.4 is 5.32 Å². The molecule has 0 unspecified atom stereocenters. The highest BCUT2D eigenvalue weighted by Gasteiger charge is 2.03. The van der Waals surface area contributed by atoms with Gasteiger partial charge in [-0.15, -0.1) is 12.4 Å². The van der Waals surface area contributed by atoms with Crippen molar-refractivity contribution >= 4 is 18.2 Å². The van der Waals surface area contributed by atoms with E-state index in [4.69, 9.17) is 0 Å². The van der Waals surface area contributed by atoms with Gasteiger partial charge >= 0.3 is 0 Å². The molecule has 5 heteroatoms. The topological polar surface area (TPSA) is 29.9 Å². The molecule has 0 saturated heterocycles. The van der Waals surface area contributed by atoms with Crippen molar-refractivity contribution in [2.24, 2.45) is 7.05 Å². The zero-order valence-corrected chi connectivity index (χ0v) is 10.6. The second-order valence-electron chi connectivity index (χ2n) is 3.78. The Balaban J connectivity index is 0.00000144. The average molecular weight is 256 g/mol. The van der Waals surface area contributed by atoms with E-state index in [2.05, 4.69) is 10.4 Å². The Hall–Kier alpha value is -1.55. The molecule has 0 spiro atoms. The highest BCUT2D eigenvalue weighted by molar-refractivity contribution is 5.85. The number of benzene rings is 1. The number of nitrogens with zero attached hydrogens (tertiary/aromatic N) is 2. The van der Waals surface area contributed by atoms with E-state index in [1.54, 1.807) is 16.9 Å². The van der Waals surface area contributed by atoms with E-state index in [1.165, 1.54) is 12.1 Å². The fourth-order valence-electron chi connectivity index (χ4n) is 1.63. The summed E-state index contributed by atoms with van der Waals surface area (Å²) in [7, 11) is 1.88. The molecule has 2 rings (SSSR count). The number of hydrogen-bond acceptors (Lipinski definition) is 2. The van der Waals surface area contributed by atoms with E-state index < -0.39 is 0 Å². The molecule has 0 aliphatic rings. The van der Waals surface area contributed by atoms with Gasteiger partial charge in [-0.25, -0.2) is 4.39 Å². The van der Waals surface area contributed by atoms with Gasteiger partial charge in [0.25, 0.3) is 0 Å². The van der Waals surface area contributed by atoms with Crippen molar-refractivity contribution in [2.75, 3.05) is 5.32 Å². The van der Waals surface area contributed by atoms with Crippen molar-refractivity contribution in [1.82, 2.24) is 9.78 Å². The summed E-state index contributed by atoms with van der Waals surface area (Å²) >= 11 is 0. The zero-order valence-electron chi connectivity index (χ0n) is 9.77. The fraction of sp³-hybridized carbons (Fsp3) is 0.250. The molecule has 0 fully saturated rings. The summed E-state index contributed by atoms with van der Waals surface area (Å²) in [5, 5.41) is 7.36. The van der Waals surface area contributed by atoms with Gasteiger partial charge in [0.15, 0.2) is 0 Å². The second-order valence-corrected chi connectivity index (χ2v) is 3.78. The molecule has 0 aliphatic heterocycles. The van der Waals surface area contributed by atoms with Gasteiger partial charge in [-0.05, 0) is 24.6 Å². The molecule has 0 atom stereocenters. The van der Waals surface area contributed by atoms with Crippen molar-refractivity contribution in [2.45, 2.75) is 13.5 Å². The summed E-state index contributed by atoms with van der Waals surface area (Å²) < 4.78 is 14.7. The molecule has 1 heterocycles. The minimum Gasteiger partial charge on any atom is -0.366 e. The third-order valence-corrected chi connectivity index (χ3v) is 2.47. The molecule has 0 radical (unpaired) electrons. The molecule has 0 saturated carbocycles. The minimum absolute atomic E-state index is 0. The summed E-state index contributed by atoms with van der Waals surface area (Å²) in [5.74, 6) is 0.755. The molecule has 0 aliphatic carbocycles. The predicted octanol–water partition coefficient (Wildman–Crippen LogP) is 2.90. The van der Waals surface area contributed by atoms with Crippen molar-refractivity contribution in [3.63, 3.8) is 0 Å². The van der Waals surface area contributed by atoms with Crippen LogP contribution in [0, 0.1) is 12.7 Å². The molecule has 0 amide bonds. The minimum atomic E-state index is -0.207. The van der Waals surface area contributed by atoms with E-state index in [0.29, 0.717) is 6.54 Å². The van der Waals surface area contributed by atoms with Crippen LogP contribution in [-0.2, 0) is 13.6 Å². The normalized spacial score (nSPS) is 9.82. The molecule has 17 heavy (non-hydrogen) atoms. The summed E-state index contributed by atoms with van der Waals surface area (Å²) in [4.78, 5) is 0. The second kappa shape index (κ2) is 5.68. The molecular weight excluding hydrogens is 241 g/mol. The maximum absolute atomic E-state index is 12.9. The molecule has 1 aromatic heterocycles. The van der Waals surface area contributed by atoms with Gasteiger partial charge in [0, 0.05) is 19.2 Å². The summed E-state index contributed by atoms with van der Waals surface area (Å²) in [5.41, 5.74) is 2.00. The number of anilines is 1. The van der Waals surface area contributed by atoms with Crippen LogP contribution >= 0.6 is 12.4 Å². The lowest BCUT2D eigenvalue weighted by molar-refractivity contribution is 0.626. The third-order valence-electron chi connectivity index (χ3n) is 2.47. The van der Waals surface area contributed by atoms with Crippen LogP contribution in [0.3, 0.4) is 0 Å². The van der Waals surface area contributed by atoms with Gasteiger partial charge in [-0.2, -0.15) is 5.10 Å². The van der Waals surface area contributed by atoms with Crippen LogP contribution in [0.2, 0.25) is 0 Å². The molecule has 1 N–H and O–H groups in total. The zero-order chi connectivity index (χ0) is 11.5. The molecule has 92 valence electrons. The summed E-state index contributed by atoms with van der Waals surface area (Å²) in [6.07, 6.45) is 1.80. The maximum atomic E-state index is 12.9. The maximum Gasteiger partial charge on any atom is 0.127 e. The van der Waals surface area contributed by atoms with Crippen molar-refractivity contribution in [3.8, 4) is 0 Å². The van der Waals surface area contributed by atoms with Crippen LogP contribution in [0.4, 0.5) is 10.2 Å². The number of rotatable bonds is 3. The van der Waals surface area contributed by atoms with Crippen LogP contribution in [0.25, 0.3) is 0 Å². The van der Waals surface area contributed by atoms with Crippen molar-refractivity contribution in [3.05, 3.63) is 47.4 Å². The number of nitrogens with one attached hydrogen (secondary N) is 1. The average Bonchev–Trinajstić information content (AvgIpc) is 2.56. The van der Waals surface area contributed by atoms with E-state index in [9.17, 15) is 4.39 Å². The van der Waals surface area contributed by atoms with Crippen LogP contribution in [0.1, 0.15) is 11.1 Å². The first-order valence-corrected chi connectivity index (χ1v) is 5.14. The first-order chi connectivity index (χ1) is 7.66. The Morgan fingerprint density at radius 1 is 1.41 bits per heavy atom. The predicted molar refractivity (Wildman–Crippen MR) is 68.9 cm³/mol.